The van der Waals surface area contributed by atoms with E-state index in [4.69, 9.17) is 16.0 Å². The molecule has 4 nitrogen and oxygen atoms in total. The molecule has 1 atom stereocenters. The van der Waals surface area contributed by atoms with Crippen molar-refractivity contribution >= 4 is 22.5 Å². The number of benzene rings is 1. The van der Waals surface area contributed by atoms with Crippen molar-refractivity contribution in [3.8, 4) is 0 Å². The molecule has 60 valence electrons. The summed E-state index contributed by atoms with van der Waals surface area (Å²) in [5.74, 6) is 0. The van der Waals surface area contributed by atoms with Gasteiger partial charge in [-0.05, 0) is 18.2 Å². The molecule has 0 saturated heterocycles. The number of nitrogens with two attached hydrogens (primary N) is 2. The predicted molar refractivity (Wildman–Crippen MR) is 44.3 cm³/mol. The molecule has 1 rings (SSSR count). The third kappa shape index (κ3) is 1.69. The smallest absolute Gasteiger partial charge is 0.186 e. The molecule has 0 heterocycles. The van der Waals surface area contributed by atoms with Gasteiger partial charge in [0, 0.05) is 0 Å². The van der Waals surface area contributed by atoms with Gasteiger partial charge in [-0.1, -0.05) is 0 Å². The third-order valence-corrected chi connectivity index (χ3v) is 1.92. The average molecular weight is 172 g/mol. The fourth-order valence-electron chi connectivity index (χ4n) is 0.661. The second-order valence-electron chi connectivity index (χ2n) is 2.04. The van der Waals surface area contributed by atoms with E-state index in [1.54, 1.807) is 0 Å². The summed E-state index contributed by atoms with van der Waals surface area (Å²) >= 11 is -1.98. The molecular formula is C6H8N2O2S. The van der Waals surface area contributed by atoms with Crippen LogP contribution in [0.25, 0.3) is 0 Å². The van der Waals surface area contributed by atoms with Crippen LogP contribution in [0.2, 0.25) is 0 Å². The number of rotatable bonds is 1. The molecule has 0 saturated carbocycles. The zero-order chi connectivity index (χ0) is 8.43. The van der Waals surface area contributed by atoms with Crippen LogP contribution in [0.4, 0.5) is 11.4 Å². The fraction of sp³-hybridized carbons (Fsp3) is 0. The van der Waals surface area contributed by atoms with E-state index >= 15 is 0 Å². The molecule has 0 aliphatic rings. The van der Waals surface area contributed by atoms with Crippen molar-refractivity contribution in [2.24, 2.45) is 0 Å². The molecule has 0 fully saturated rings. The predicted octanol–water partition coefficient (Wildman–Crippen LogP) is 0.432. The minimum atomic E-state index is -1.98. The molecule has 0 aliphatic carbocycles. The molecule has 0 amide bonds. The van der Waals surface area contributed by atoms with Gasteiger partial charge in [0.05, 0.1) is 16.3 Å². The maximum Gasteiger partial charge on any atom is 0.186 e. The average Bonchev–Trinajstić information content (AvgIpc) is 1.94. The van der Waals surface area contributed by atoms with Gasteiger partial charge in [-0.2, -0.15) is 0 Å². The summed E-state index contributed by atoms with van der Waals surface area (Å²) in [6, 6.07) is 4.34. The molecule has 0 radical (unpaired) electrons. The third-order valence-electron chi connectivity index (χ3n) is 1.26. The van der Waals surface area contributed by atoms with Gasteiger partial charge in [0.25, 0.3) is 0 Å². The lowest BCUT2D eigenvalue weighted by molar-refractivity contribution is 0.564. The highest BCUT2D eigenvalue weighted by atomic mass is 32.2. The molecule has 5 heteroatoms. The minimum absolute atomic E-state index is 0.261. The first-order valence-corrected chi connectivity index (χ1v) is 3.98. The maximum absolute atomic E-state index is 10.5. The first kappa shape index (κ1) is 8.03. The van der Waals surface area contributed by atoms with Crippen molar-refractivity contribution in [2.45, 2.75) is 4.90 Å². The summed E-state index contributed by atoms with van der Waals surface area (Å²) in [6.45, 7) is 0. The van der Waals surface area contributed by atoms with Crippen LogP contribution in [0, 0.1) is 0 Å². The van der Waals surface area contributed by atoms with Gasteiger partial charge in [0.15, 0.2) is 11.1 Å². The molecule has 0 aliphatic heterocycles. The summed E-state index contributed by atoms with van der Waals surface area (Å²) in [4.78, 5) is 0.261. The lowest BCUT2D eigenvalue weighted by Gasteiger charge is -2.00. The topological polar surface area (TPSA) is 89.3 Å². The quantitative estimate of drug-likeness (QED) is 0.423. The molecule has 0 bridgehead atoms. The number of hydrogen-bond donors (Lipinski definition) is 3. The van der Waals surface area contributed by atoms with Crippen molar-refractivity contribution in [3.05, 3.63) is 18.2 Å². The van der Waals surface area contributed by atoms with Crippen LogP contribution in [0.1, 0.15) is 0 Å². The monoisotopic (exact) mass is 172 g/mol. The highest BCUT2D eigenvalue weighted by Gasteiger charge is 2.01. The Morgan fingerprint density at radius 2 is 1.91 bits per heavy atom. The molecule has 0 spiro atoms. The van der Waals surface area contributed by atoms with Crippen molar-refractivity contribution in [1.29, 1.82) is 0 Å². The second-order valence-corrected chi connectivity index (χ2v) is 3.01. The van der Waals surface area contributed by atoms with E-state index in [-0.39, 0.29) is 4.90 Å². The zero-order valence-corrected chi connectivity index (χ0v) is 6.47. The molecule has 1 aromatic carbocycles. The van der Waals surface area contributed by atoms with Crippen molar-refractivity contribution in [1.82, 2.24) is 0 Å². The van der Waals surface area contributed by atoms with E-state index in [0.717, 1.165) is 0 Å². The van der Waals surface area contributed by atoms with Crippen molar-refractivity contribution < 1.29 is 8.76 Å². The lowest BCUT2D eigenvalue weighted by Crippen LogP contribution is -1.96. The Bertz CT molecular complexity index is 301. The molecule has 1 aromatic rings. The van der Waals surface area contributed by atoms with Crippen LogP contribution >= 0.6 is 0 Å². The van der Waals surface area contributed by atoms with E-state index < -0.39 is 11.1 Å². The van der Waals surface area contributed by atoms with E-state index in [9.17, 15) is 4.21 Å². The Morgan fingerprint density at radius 1 is 1.27 bits per heavy atom. The van der Waals surface area contributed by atoms with Gasteiger partial charge in [0.2, 0.25) is 0 Å². The van der Waals surface area contributed by atoms with Gasteiger partial charge in [-0.3, -0.25) is 0 Å². The number of anilines is 2. The minimum Gasteiger partial charge on any atom is -0.397 e. The molecular weight excluding hydrogens is 164 g/mol. The van der Waals surface area contributed by atoms with E-state index in [2.05, 4.69) is 0 Å². The van der Waals surface area contributed by atoms with Gasteiger partial charge in [-0.25, -0.2) is 4.21 Å². The van der Waals surface area contributed by atoms with Crippen LogP contribution in [-0.4, -0.2) is 8.76 Å². The highest BCUT2D eigenvalue weighted by molar-refractivity contribution is 7.79. The largest absolute Gasteiger partial charge is 0.397 e. The Morgan fingerprint density at radius 3 is 2.36 bits per heavy atom. The standard InChI is InChI=1S/C6H8N2O2S/c7-5-2-1-4(11(9)10)3-6(5)8/h1-3H,7-8H2,(H,9,10). The highest BCUT2D eigenvalue weighted by Crippen LogP contribution is 2.17. The van der Waals surface area contributed by atoms with Crippen LogP contribution in [0.15, 0.2) is 23.1 Å². The van der Waals surface area contributed by atoms with Crippen LogP contribution in [0.5, 0.6) is 0 Å². The Balaban J connectivity index is 3.15. The summed E-state index contributed by atoms with van der Waals surface area (Å²) < 4.78 is 19.1. The summed E-state index contributed by atoms with van der Waals surface area (Å²) in [5.41, 5.74) is 11.5. The molecule has 11 heavy (non-hydrogen) atoms. The normalized spacial score (nSPS) is 12.8. The molecule has 0 aromatic heterocycles. The summed E-state index contributed by atoms with van der Waals surface area (Å²) in [7, 11) is 0. The molecule has 5 N–H and O–H groups in total. The van der Waals surface area contributed by atoms with Crippen LogP contribution < -0.4 is 11.5 Å². The first-order chi connectivity index (χ1) is 5.11. The van der Waals surface area contributed by atoms with E-state index in [1.165, 1.54) is 18.2 Å². The van der Waals surface area contributed by atoms with Gasteiger partial charge in [0.1, 0.15) is 0 Å². The van der Waals surface area contributed by atoms with Crippen molar-refractivity contribution in [3.63, 3.8) is 0 Å². The van der Waals surface area contributed by atoms with Gasteiger partial charge < -0.3 is 16.0 Å². The first-order valence-electron chi connectivity index (χ1n) is 2.87. The van der Waals surface area contributed by atoms with Gasteiger partial charge >= 0.3 is 0 Å². The SMILES string of the molecule is Nc1ccc(S(=O)O)cc1N. The van der Waals surface area contributed by atoms with Crippen molar-refractivity contribution in [2.75, 3.05) is 11.5 Å². The second kappa shape index (κ2) is 2.89. The van der Waals surface area contributed by atoms with Crippen LogP contribution in [0.3, 0.4) is 0 Å². The Hall–Kier alpha value is -1.07. The van der Waals surface area contributed by atoms with Crippen LogP contribution in [-0.2, 0) is 11.1 Å². The Labute approximate surface area is 66.5 Å². The summed E-state index contributed by atoms with van der Waals surface area (Å²) in [6.07, 6.45) is 0. The number of nitrogen functional groups attached to an aromatic ring is 2. The number of hydrogen-bond acceptors (Lipinski definition) is 3. The Kier molecular flexibility index (Phi) is 2.11. The van der Waals surface area contributed by atoms with E-state index in [0.29, 0.717) is 11.4 Å². The summed E-state index contributed by atoms with van der Waals surface area (Å²) in [5, 5.41) is 0. The lowest BCUT2D eigenvalue weighted by atomic mass is 10.3. The zero-order valence-electron chi connectivity index (χ0n) is 5.65. The fourth-order valence-corrected chi connectivity index (χ4v) is 1.07. The van der Waals surface area contributed by atoms with Gasteiger partial charge in [-0.15, -0.1) is 0 Å². The molecule has 1 unspecified atom stereocenters. The van der Waals surface area contributed by atoms with E-state index in [1.807, 2.05) is 0 Å². The maximum atomic E-state index is 10.5.